The maximum absolute atomic E-state index is 11.9. The van der Waals surface area contributed by atoms with Crippen molar-refractivity contribution in [1.82, 2.24) is 10.4 Å². The summed E-state index contributed by atoms with van der Waals surface area (Å²) >= 11 is 0. The summed E-state index contributed by atoms with van der Waals surface area (Å²) in [5, 5.41) is 1.01. The number of hydrazine groups is 1. The van der Waals surface area contributed by atoms with Crippen LogP contribution in [0.5, 0.6) is 0 Å². The van der Waals surface area contributed by atoms with Crippen molar-refractivity contribution in [2.24, 2.45) is 5.73 Å². The fourth-order valence-electron chi connectivity index (χ4n) is 2.07. The van der Waals surface area contributed by atoms with Gasteiger partial charge in [-0.05, 0) is 11.1 Å². The van der Waals surface area contributed by atoms with Gasteiger partial charge in [-0.25, -0.2) is 5.01 Å². The second-order valence-corrected chi connectivity index (χ2v) is 4.11. The summed E-state index contributed by atoms with van der Waals surface area (Å²) in [6.07, 6.45) is 0.139. The Morgan fingerprint density at radius 1 is 1.39 bits per heavy atom. The smallest absolute Gasteiger partial charge is 0.246 e. The summed E-state index contributed by atoms with van der Waals surface area (Å²) in [6, 6.07) is 6.10. The van der Waals surface area contributed by atoms with Crippen LogP contribution in [-0.2, 0) is 20.8 Å². The number of nitrogens with zero attached hydrogens (tertiary/aromatic N) is 1. The minimum absolute atomic E-state index is 0.139. The predicted octanol–water partition coefficient (Wildman–Crippen LogP) is -0.351. The van der Waals surface area contributed by atoms with E-state index in [9.17, 15) is 14.4 Å². The van der Waals surface area contributed by atoms with Crippen molar-refractivity contribution in [3.63, 3.8) is 0 Å². The Morgan fingerprint density at radius 2 is 2.06 bits per heavy atom. The van der Waals surface area contributed by atoms with E-state index in [0.29, 0.717) is 5.56 Å². The number of carbonyl (C=O) groups excluding carboxylic acids is 3. The number of carbonyl (C=O) groups is 3. The normalized spacial score (nSPS) is 18.2. The van der Waals surface area contributed by atoms with Gasteiger partial charge in [0.1, 0.15) is 0 Å². The Morgan fingerprint density at radius 3 is 2.67 bits per heavy atom. The molecule has 6 nitrogen and oxygen atoms in total. The minimum Gasteiger partial charge on any atom is -0.368 e. The molecule has 0 radical (unpaired) electrons. The van der Waals surface area contributed by atoms with Gasteiger partial charge in [0.25, 0.3) is 0 Å². The number of rotatable bonds is 2. The van der Waals surface area contributed by atoms with Crippen molar-refractivity contribution in [1.29, 1.82) is 0 Å². The lowest BCUT2D eigenvalue weighted by atomic mass is 9.93. The highest BCUT2D eigenvalue weighted by Gasteiger charge is 2.36. The topological polar surface area (TPSA) is 92.5 Å². The van der Waals surface area contributed by atoms with E-state index in [1.165, 1.54) is 6.92 Å². The average molecular weight is 247 g/mol. The molecule has 2 rings (SSSR count). The summed E-state index contributed by atoms with van der Waals surface area (Å²) < 4.78 is 0. The van der Waals surface area contributed by atoms with Crippen LogP contribution in [0.1, 0.15) is 24.1 Å². The molecule has 3 amide bonds. The van der Waals surface area contributed by atoms with E-state index in [1.54, 1.807) is 24.3 Å². The first-order chi connectivity index (χ1) is 8.50. The van der Waals surface area contributed by atoms with Gasteiger partial charge in [0.2, 0.25) is 17.7 Å². The van der Waals surface area contributed by atoms with Crippen molar-refractivity contribution in [2.75, 3.05) is 0 Å². The summed E-state index contributed by atoms with van der Waals surface area (Å²) in [6.45, 7) is 1.27. The van der Waals surface area contributed by atoms with E-state index >= 15 is 0 Å². The molecule has 1 aliphatic heterocycles. The molecule has 0 saturated heterocycles. The molecule has 0 aromatic heterocycles. The second-order valence-electron chi connectivity index (χ2n) is 4.11. The lowest BCUT2D eigenvalue weighted by Crippen LogP contribution is -2.54. The molecule has 1 heterocycles. The molecule has 6 heteroatoms. The molecule has 1 aromatic carbocycles. The van der Waals surface area contributed by atoms with Crippen LogP contribution in [0.15, 0.2) is 24.3 Å². The number of nitrogens with two attached hydrogens (primary N) is 1. The molecule has 0 fully saturated rings. The fourth-order valence-corrected chi connectivity index (χ4v) is 2.07. The maximum Gasteiger partial charge on any atom is 0.246 e. The molecule has 0 unspecified atom stereocenters. The zero-order valence-corrected chi connectivity index (χ0v) is 9.84. The van der Waals surface area contributed by atoms with Crippen LogP contribution >= 0.6 is 0 Å². The molecular formula is C12H13N3O3. The summed E-state index contributed by atoms with van der Waals surface area (Å²) in [7, 11) is 0. The van der Waals surface area contributed by atoms with Crippen molar-refractivity contribution in [2.45, 2.75) is 19.4 Å². The van der Waals surface area contributed by atoms with E-state index in [2.05, 4.69) is 5.43 Å². The Labute approximate surface area is 104 Å². The number of primary amides is 1. The van der Waals surface area contributed by atoms with Crippen LogP contribution in [0.2, 0.25) is 0 Å². The molecule has 1 aromatic rings. The van der Waals surface area contributed by atoms with Crippen molar-refractivity contribution in [3.8, 4) is 0 Å². The lowest BCUT2D eigenvalue weighted by molar-refractivity contribution is -0.148. The molecular weight excluding hydrogens is 234 g/mol. The van der Waals surface area contributed by atoms with Crippen LogP contribution in [-0.4, -0.2) is 22.7 Å². The van der Waals surface area contributed by atoms with Gasteiger partial charge in [-0.2, -0.15) is 0 Å². The number of benzene rings is 1. The molecule has 0 bridgehead atoms. The van der Waals surface area contributed by atoms with Gasteiger partial charge in [0, 0.05) is 6.92 Å². The van der Waals surface area contributed by atoms with Crippen molar-refractivity contribution in [3.05, 3.63) is 35.4 Å². The van der Waals surface area contributed by atoms with E-state index in [0.717, 1.165) is 10.6 Å². The Balaban J connectivity index is 2.47. The van der Waals surface area contributed by atoms with Crippen LogP contribution in [0.4, 0.5) is 0 Å². The third-order valence-corrected chi connectivity index (χ3v) is 2.77. The first-order valence-corrected chi connectivity index (χ1v) is 5.47. The quantitative estimate of drug-likeness (QED) is 0.748. The highest BCUT2D eigenvalue weighted by atomic mass is 16.2. The maximum atomic E-state index is 11.9. The third-order valence-electron chi connectivity index (χ3n) is 2.77. The second kappa shape index (κ2) is 4.48. The van der Waals surface area contributed by atoms with E-state index < -0.39 is 17.9 Å². The summed E-state index contributed by atoms with van der Waals surface area (Å²) in [4.78, 5) is 34.5. The molecule has 1 atom stereocenters. The molecule has 3 N–H and O–H groups in total. The van der Waals surface area contributed by atoms with Crippen molar-refractivity contribution < 1.29 is 14.4 Å². The molecule has 0 aliphatic carbocycles. The number of amides is 3. The monoisotopic (exact) mass is 247 g/mol. The molecule has 1 aliphatic rings. The first kappa shape index (κ1) is 12.1. The van der Waals surface area contributed by atoms with Gasteiger partial charge in [0.05, 0.1) is 6.42 Å². The number of fused-ring (bicyclic) bond motifs is 1. The number of hydrogen-bond acceptors (Lipinski definition) is 3. The molecule has 0 spiro atoms. The van der Waals surface area contributed by atoms with Crippen molar-refractivity contribution >= 4 is 17.7 Å². The predicted molar refractivity (Wildman–Crippen MR) is 62.7 cm³/mol. The van der Waals surface area contributed by atoms with Crippen LogP contribution in [0.3, 0.4) is 0 Å². The molecule has 0 saturated carbocycles. The summed E-state index contributed by atoms with van der Waals surface area (Å²) in [5.74, 6) is -1.45. The SMILES string of the molecule is CC(=O)NN1C(=O)Cc2ccccc2[C@H]1C(N)=O. The molecule has 94 valence electrons. The highest BCUT2D eigenvalue weighted by molar-refractivity contribution is 5.92. The standard InChI is InChI=1S/C12H13N3O3/c1-7(16)14-15-10(17)6-8-4-2-3-5-9(8)11(15)12(13)18/h2-5,11H,6H2,1H3,(H2,13,18)(H,14,16)/t11-/m0/s1. The van der Waals surface area contributed by atoms with E-state index in [1.807, 2.05) is 0 Å². The third kappa shape index (κ3) is 2.04. The van der Waals surface area contributed by atoms with Crippen LogP contribution in [0.25, 0.3) is 0 Å². The van der Waals surface area contributed by atoms with Crippen LogP contribution in [0, 0.1) is 0 Å². The zero-order chi connectivity index (χ0) is 13.3. The first-order valence-electron chi connectivity index (χ1n) is 5.47. The van der Waals surface area contributed by atoms with Gasteiger partial charge in [0.15, 0.2) is 6.04 Å². The van der Waals surface area contributed by atoms with E-state index in [-0.39, 0.29) is 12.3 Å². The fraction of sp³-hybridized carbons (Fsp3) is 0.250. The molecule has 18 heavy (non-hydrogen) atoms. The number of nitrogens with one attached hydrogen (secondary N) is 1. The highest BCUT2D eigenvalue weighted by Crippen LogP contribution is 2.28. The van der Waals surface area contributed by atoms with Gasteiger partial charge < -0.3 is 5.73 Å². The van der Waals surface area contributed by atoms with Crippen LogP contribution < -0.4 is 11.2 Å². The Hall–Kier alpha value is -2.37. The average Bonchev–Trinajstić information content (AvgIpc) is 2.28. The Bertz CT molecular complexity index is 527. The Kier molecular flexibility index (Phi) is 3.01. The zero-order valence-electron chi connectivity index (χ0n) is 9.84. The van der Waals surface area contributed by atoms with Gasteiger partial charge in [-0.15, -0.1) is 0 Å². The summed E-state index contributed by atoms with van der Waals surface area (Å²) in [5.41, 5.74) is 9.08. The van der Waals surface area contributed by atoms with E-state index in [4.69, 9.17) is 5.73 Å². The number of hydrogen-bond donors (Lipinski definition) is 2. The largest absolute Gasteiger partial charge is 0.368 e. The van der Waals surface area contributed by atoms with Gasteiger partial charge in [-0.3, -0.25) is 19.8 Å². The van der Waals surface area contributed by atoms with Gasteiger partial charge in [-0.1, -0.05) is 24.3 Å². The minimum atomic E-state index is -0.952. The van der Waals surface area contributed by atoms with Gasteiger partial charge >= 0.3 is 0 Å². The lowest BCUT2D eigenvalue weighted by Gasteiger charge is -2.34.